The Morgan fingerprint density at radius 2 is 2.00 bits per heavy atom. The van der Waals surface area contributed by atoms with Gasteiger partial charge in [-0.15, -0.1) is 0 Å². The van der Waals surface area contributed by atoms with Crippen LogP contribution in [0.15, 0.2) is 40.8 Å². The lowest BCUT2D eigenvalue weighted by Crippen LogP contribution is -2.29. The zero-order chi connectivity index (χ0) is 15.0. The summed E-state index contributed by atoms with van der Waals surface area (Å²) in [6.07, 6.45) is 0. The van der Waals surface area contributed by atoms with Gasteiger partial charge in [0.1, 0.15) is 5.52 Å². The fourth-order valence-electron chi connectivity index (χ4n) is 1.93. The molecular formula is C14H9Cl2N3O2. The van der Waals surface area contributed by atoms with E-state index in [4.69, 9.17) is 33.5 Å². The smallest absolute Gasteiger partial charge is 0.265 e. The number of rotatable bonds is 2. The molecule has 3 aromatic rings. The minimum Gasteiger partial charge on any atom is -0.436 e. The lowest BCUT2D eigenvalue weighted by atomic mass is 10.2. The number of carbonyl (C=O) groups is 1. The van der Waals surface area contributed by atoms with Crippen molar-refractivity contribution < 1.29 is 9.21 Å². The van der Waals surface area contributed by atoms with Crippen LogP contribution in [0.3, 0.4) is 0 Å². The minimum atomic E-state index is -0.401. The standard InChI is InChI=1S/C14H9Cl2N3O2/c15-8-2-3-10(16)9(6-8)14-18-11-5-7(13(20)19-17)1-4-12(11)21-14/h1-6H,17H2,(H,19,20). The number of fused-ring (bicyclic) bond motifs is 1. The number of benzene rings is 2. The molecule has 21 heavy (non-hydrogen) atoms. The maximum Gasteiger partial charge on any atom is 0.265 e. The quantitative estimate of drug-likeness (QED) is 0.430. The number of carbonyl (C=O) groups excluding carboxylic acids is 1. The van der Waals surface area contributed by atoms with E-state index in [1.54, 1.807) is 36.4 Å². The molecule has 0 atom stereocenters. The third-order valence-corrected chi connectivity index (χ3v) is 3.50. The zero-order valence-electron chi connectivity index (χ0n) is 10.6. The van der Waals surface area contributed by atoms with Crippen LogP contribution in [0.4, 0.5) is 0 Å². The average molecular weight is 322 g/mol. The van der Waals surface area contributed by atoms with E-state index in [0.717, 1.165) is 0 Å². The van der Waals surface area contributed by atoms with Crippen molar-refractivity contribution in [2.45, 2.75) is 0 Å². The molecule has 7 heteroatoms. The summed E-state index contributed by atoms with van der Waals surface area (Å²) in [5.41, 5.74) is 4.11. The molecule has 106 valence electrons. The van der Waals surface area contributed by atoms with Gasteiger partial charge in [0.2, 0.25) is 5.89 Å². The van der Waals surface area contributed by atoms with Crippen LogP contribution in [0.5, 0.6) is 0 Å². The van der Waals surface area contributed by atoms with Crippen LogP contribution in [0, 0.1) is 0 Å². The number of aromatic nitrogens is 1. The van der Waals surface area contributed by atoms with E-state index in [1.165, 1.54) is 0 Å². The summed E-state index contributed by atoms with van der Waals surface area (Å²) < 4.78 is 5.64. The third kappa shape index (κ3) is 2.58. The van der Waals surface area contributed by atoms with Gasteiger partial charge in [-0.2, -0.15) is 0 Å². The second-order valence-corrected chi connectivity index (χ2v) is 5.14. The van der Waals surface area contributed by atoms with Crippen molar-refractivity contribution in [3.05, 3.63) is 52.0 Å². The molecule has 0 aliphatic heterocycles. The van der Waals surface area contributed by atoms with Crippen LogP contribution in [0.25, 0.3) is 22.6 Å². The van der Waals surface area contributed by atoms with Gasteiger partial charge in [0.15, 0.2) is 5.58 Å². The first-order valence-electron chi connectivity index (χ1n) is 5.95. The highest BCUT2D eigenvalue weighted by atomic mass is 35.5. The van der Waals surface area contributed by atoms with E-state index in [-0.39, 0.29) is 0 Å². The molecule has 0 bridgehead atoms. The first-order valence-corrected chi connectivity index (χ1v) is 6.71. The summed E-state index contributed by atoms with van der Waals surface area (Å²) in [6.45, 7) is 0. The van der Waals surface area contributed by atoms with Gasteiger partial charge in [-0.3, -0.25) is 10.2 Å². The summed E-state index contributed by atoms with van der Waals surface area (Å²) in [5.74, 6) is 5.04. The van der Waals surface area contributed by atoms with E-state index in [0.29, 0.717) is 38.2 Å². The summed E-state index contributed by atoms with van der Waals surface area (Å²) in [6, 6.07) is 9.85. The van der Waals surface area contributed by atoms with E-state index < -0.39 is 5.91 Å². The van der Waals surface area contributed by atoms with Gasteiger partial charge in [-0.1, -0.05) is 23.2 Å². The van der Waals surface area contributed by atoms with Gasteiger partial charge in [-0.05, 0) is 36.4 Å². The van der Waals surface area contributed by atoms with Crippen LogP contribution in [0.1, 0.15) is 10.4 Å². The number of nitrogens with two attached hydrogens (primary N) is 1. The normalized spacial score (nSPS) is 10.8. The molecule has 1 heterocycles. The van der Waals surface area contributed by atoms with Gasteiger partial charge < -0.3 is 4.42 Å². The molecule has 0 aliphatic carbocycles. The van der Waals surface area contributed by atoms with E-state index in [9.17, 15) is 4.79 Å². The number of halogens is 2. The van der Waals surface area contributed by atoms with E-state index in [2.05, 4.69) is 10.4 Å². The first-order chi connectivity index (χ1) is 10.1. The van der Waals surface area contributed by atoms with Crippen LogP contribution >= 0.6 is 23.2 Å². The number of nitrogen functional groups attached to an aromatic ring is 1. The number of hydrazine groups is 1. The largest absolute Gasteiger partial charge is 0.436 e. The molecule has 0 radical (unpaired) electrons. The minimum absolute atomic E-state index is 0.336. The van der Waals surface area contributed by atoms with Crippen LogP contribution in [-0.2, 0) is 0 Å². The summed E-state index contributed by atoms with van der Waals surface area (Å²) >= 11 is 12.1. The highest BCUT2D eigenvalue weighted by molar-refractivity contribution is 6.35. The summed E-state index contributed by atoms with van der Waals surface area (Å²) in [5, 5.41) is 1.01. The molecule has 0 fully saturated rings. The van der Waals surface area contributed by atoms with Crippen molar-refractivity contribution in [2.24, 2.45) is 5.84 Å². The molecule has 3 rings (SSSR count). The molecule has 5 nitrogen and oxygen atoms in total. The number of hydrogen-bond acceptors (Lipinski definition) is 4. The Labute approximate surface area is 129 Å². The van der Waals surface area contributed by atoms with Crippen molar-refractivity contribution in [3.8, 4) is 11.5 Å². The lowest BCUT2D eigenvalue weighted by Gasteiger charge is -1.99. The Bertz CT molecular complexity index is 845. The van der Waals surface area contributed by atoms with E-state index in [1.807, 2.05) is 0 Å². The molecular weight excluding hydrogens is 313 g/mol. The van der Waals surface area contributed by atoms with Crippen molar-refractivity contribution in [3.63, 3.8) is 0 Å². The van der Waals surface area contributed by atoms with Gasteiger partial charge in [-0.25, -0.2) is 10.8 Å². The van der Waals surface area contributed by atoms with Crippen molar-refractivity contribution in [1.29, 1.82) is 0 Å². The predicted octanol–water partition coefficient (Wildman–Crippen LogP) is 3.41. The van der Waals surface area contributed by atoms with Gasteiger partial charge >= 0.3 is 0 Å². The van der Waals surface area contributed by atoms with Crippen molar-refractivity contribution in [1.82, 2.24) is 10.4 Å². The maximum atomic E-state index is 11.5. The molecule has 1 amide bonds. The van der Waals surface area contributed by atoms with E-state index >= 15 is 0 Å². The van der Waals surface area contributed by atoms with Gasteiger partial charge in [0.05, 0.1) is 10.6 Å². The number of oxazole rings is 1. The topological polar surface area (TPSA) is 81.1 Å². The third-order valence-electron chi connectivity index (χ3n) is 2.94. The molecule has 0 aliphatic rings. The van der Waals surface area contributed by atoms with Crippen molar-refractivity contribution >= 4 is 40.2 Å². The number of amides is 1. The SMILES string of the molecule is NNC(=O)c1ccc2oc(-c3cc(Cl)ccc3Cl)nc2c1. The number of hydrogen-bond donors (Lipinski definition) is 2. The Balaban J connectivity index is 2.13. The van der Waals surface area contributed by atoms with Crippen LogP contribution in [-0.4, -0.2) is 10.9 Å². The molecule has 0 unspecified atom stereocenters. The highest BCUT2D eigenvalue weighted by Gasteiger charge is 2.14. The number of nitrogens with one attached hydrogen (secondary N) is 1. The Morgan fingerprint density at radius 3 is 2.76 bits per heavy atom. The predicted molar refractivity (Wildman–Crippen MR) is 81.1 cm³/mol. The fourth-order valence-corrected chi connectivity index (χ4v) is 2.30. The molecule has 2 aromatic carbocycles. The molecule has 0 saturated carbocycles. The Morgan fingerprint density at radius 1 is 1.19 bits per heavy atom. The fraction of sp³-hybridized carbons (Fsp3) is 0. The second-order valence-electron chi connectivity index (χ2n) is 4.30. The maximum absolute atomic E-state index is 11.5. The van der Waals surface area contributed by atoms with Crippen molar-refractivity contribution in [2.75, 3.05) is 0 Å². The summed E-state index contributed by atoms with van der Waals surface area (Å²) in [7, 11) is 0. The zero-order valence-corrected chi connectivity index (χ0v) is 12.1. The molecule has 1 aromatic heterocycles. The Hall–Kier alpha value is -2.08. The lowest BCUT2D eigenvalue weighted by molar-refractivity contribution is 0.0954. The summed E-state index contributed by atoms with van der Waals surface area (Å²) in [4.78, 5) is 15.8. The Kier molecular flexibility index (Phi) is 3.55. The van der Waals surface area contributed by atoms with Crippen LogP contribution in [0.2, 0.25) is 10.0 Å². The molecule has 0 spiro atoms. The second kappa shape index (κ2) is 5.37. The highest BCUT2D eigenvalue weighted by Crippen LogP contribution is 2.32. The average Bonchev–Trinajstić information content (AvgIpc) is 2.91. The monoisotopic (exact) mass is 321 g/mol. The molecule has 0 saturated heterocycles. The molecule has 3 N–H and O–H groups in total. The van der Waals surface area contributed by atoms with Gasteiger partial charge in [0.25, 0.3) is 5.91 Å². The van der Waals surface area contributed by atoms with Crippen LogP contribution < -0.4 is 11.3 Å². The number of nitrogens with zero attached hydrogens (tertiary/aromatic N) is 1. The van der Waals surface area contributed by atoms with Gasteiger partial charge in [0, 0.05) is 10.6 Å². The first kappa shape index (κ1) is 13.9.